The molecule has 0 radical (unpaired) electrons. The summed E-state index contributed by atoms with van der Waals surface area (Å²) in [5, 5.41) is 3.77. The van der Waals surface area contributed by atoms with Gasteiger partial charge in [-0.2, -0.15) is 0 Å². The fourth-order valence-electron chi connectivity index (χ4n) is 1.93. The number of fused-ring (bicyclic) bond motifs is 1. The number of hydrogen-bond acceptors (Lipinski definition) is 4. The van der Waals surface area contributed by atoms with Crippen LogP contribution >= 0.6 is 23.2 Å². The molecule has 0 saturated heterocycles. The van der Waals surface area contributed by atoms with Crippen LogP contribution in [0.4, 0.5) is 0 Å². The van der Waals surface area contributed by atoms with Gasteiger partial charge in [0.2, 0.25) is 0 Å². The van der Waals surface area contributed by atoms with Crippen molar-refractivity contribution in [3.8, 4) is 0 Å². The van der Waals surface area contributed by atoms with Gasteiger partial charge >= 0.3 is 5.63 Å². The maximum atomic E-state index is 12.0. The number of carbonyl (C=O) groups is 1. The lowest BCUT2D eigenvalue weighted by Crippen LogP contribution is -2.29. The molecule has 0 bridgehead atoms. The number of hydrogen-bond donors (Lipinski definition) is 1. The first kappa shape index (κ1) is 16.8. The third-order valence-corrected chi connectivity index (χ3v) is 3.45. The molecule has 0 fully saturated rings. The van der Waals surface area contributed by atoms with Crippen LogP contribution in [0.1, 0.15) is 23.7 Å². The van der Waals surface area contributed by atoms with Crippen LogP contribution in [0, 0.1) is 0 Å². The minimum atomic E-state index is -0.737. The maximum Gasteiger partial charge on any atom is 0.349 e. The number of amides is 1. The van der Waals surface area contributed by atoms with Gasteiger partial charge in [0, 0.05) is 30.2 Å². The zero-order valence-corrected chi connectivity index (χ0v) is 13.5. The lowest BCUT2D eigenvalue weighted by atomic mass is 10.1. The molecule has 5 nitrogen and oxygen atoms in total. The van der Waals surface area contributed by atoms with E-state index in [0.717, 1.165) is 0 Å². The Bertz CT molecular complexity index is 742. The molecule has 0 unspecified atom stereocenters. The van der Waals surface area contributed by atoms with Crippen LogP contribution < -0.4 is 10.9 Å². The van der Waals surface area contributed by atoms with E-state index in [1.54, 1.807) is 6.07 Å². The van der Waals surface area contributed by atoms with Crippen LogP contribution in [0.5, 0.6) is 0 Å². The molecule has 0 aliphatic heterocycles. The summed E-state index contributed by atoms with van der Waals surface area (Å²) in [5.74, 6) is -0.497. The van der Waals surface area contributed by atoms with Crippen LogP contribution in [-0.4, -0.2) is 25.7 Å². The van der Waals surface area contributed by atoms with Crippen LogP contribution in [0.3, 0.4) is 0 Å². The highest BCUT2D eigenvalue weighted by atomic mass is 35.5. The van der Waals surface area contributed by atoms with E-state index in [-0.39, 0.29) is 16.2 Å². The molecule has 118 valence electrons. The molecule has 0 aliphatic rings. The molecule has 22 heavy (non-hydrogen) atoms. The number of rotatable bonds is 6. The van der Waals surface area contributed by atoms with Crippen molar-refractivity contribution in [1.29, 1.82) is 0 Å². The highest BCUT2D eigenvalue weighted by Crippen LogP contribution is 2.27. The molecular weight excluding hydrogens is 329 g/mol. The first-order valence-corrected chi connectivity index (χ1v) is 7.57. The van der Waals surface area contributed by atoms with Gasteiger partial charge < -0.3 is 14.5 Å². The summed E-state index contributed by atoms with van der Waals surface area (Å²) in [6.45, 7) is 3.49. The van der Waals surface area contributed by atoms with Gasteiger partial charge in [0.05, 0.1) is 5.02 Å². The van der Waals surface area contributed by atoms with Gasteiger partial charge in [-0.1, -0.05) is 23.2 Å². The predicted molar refractivity (Wildman–Crippen MR) is 85.9 cm³/mol. The lowest BCUT2D eigenvalue weighted by Gasteiger charge is -2.06. The van der Waals surface area contributed by atoms with Crippen molar-refractivity contribution in [3.63, 3.8) is 0 Å². The predicted octanol–water partition coefficient (Wildman–Crippen LogP) is 3.26. The van der Waals surface area contributed by atoms with E-state index in [1.807, 2.05) is 6.92 Å². The summed E-state index contributed by atoms with van der Waals surface area (Å²) in [5.41, 5.74) is -0.606. The molecule has 1 aromatic carbocycles. The second-order valence-electron chi connectivity index (χ2n) is 4.56. The quantitative estimate of drug-likeness (QED) is 0.645. The monoisotopic (exact) mass is 343 g/mol. The van der Waals surface area contributed by atoms with Gasteiger partial charge in [-0.15, -0.1) is 0 Å². The summed E-state index contributed by atoms with van der Waals surface area (Å²) in [6.07, 6.45) is 0.663. The molecule has 0 spiro atoms. The van der Waals surface area contributed by atoms with Crippen LogP contribution in [-0.2, 0) is 4.74 Å². The van der Waals surface area contributed by atoms with E-state index in [1.165, 1.54) is 12.1 Å². The first-order chi connectivity index (χ1) is 10.5. The van der Waals surface area contributed by atoms with Crippen molar-refractivity contribution in [2.24, 2.45) is 0 Å². The minimum Gasteiger partial charge on any atom is -0.421 e. The zero-order chi connectivity index (χ0) is 16.1. The van der Waals surface area contributed by atoms with Crippen molar-refractivity contribution in [3.05, 3.63) is 44.2 Å². The Hall–Kier alpha value is -1.56. The van der Waals surface area contributed by atoms with Gasteiger partial charge in [-0.05, 0) is 31.5 Å². The third kappa shape index (κ3) is 4.00. The smallest absolute Gasteiger partial charge is 0.349 e. The van der Waals surface area contributed by atoms with E-state index in [2.05, 4.69) is 5.32 Å². The largest absolute Gasteiger partial charge is 0.421 e. The maximum absolute atomic E-state index is 12.0. The number of ether oxygens (including phenoxy) is 1. The first-order valence-electron chi connectivity index (χ1n) is 6.81. The normalized spacial score (nSPS) is 10.9. The van der Waals surface area contributed by atoms with E-state index < -0.39 is 11.5 Å². The van der Waals surface area contributed by atoms with E-state index >= 15 is 0 Å². The van der Waals surface area contributed by atoms with Crippen molar-refractivity contribution in [1.82, 2.24) is 5.32 Å². The summed E-state index contributed by atoms with van der Waals surface area (Å²) in [7, 11) is 0. The standard InChI is InChI=1S/C15H15Cl2NO4/c1-2-21-5-3-4-18-14(19)11-7-9-6-10(16)8-12(17)13(9)22-15(11)20/h6-8H,2-5H2,1H3,(H,18,19). The van der Waals surface area contributed by atoms with E-state index in [4.69, 9.17) is 32.4 Å². The topological polar surface area (TPSA) is 68.5 Å². The summed E-state index contributed by atoms with van der Waals surface area (Å²) < 4.78 is 10.3. The Balaban J connectivity index is 2.19. The van der Waals surface area contributed by atoms with Crippen molar-refractivity contribution < 1.29 is 13.9 Å². The number of carbonyl (C=O) groups excluding carboxylic acids is 1. The Labute approximate surface area is 137 Å². The molecule has 0 aliphatic carbocycles. The average molecular weight is 344 g/mol. The number of halogens is 2. The molecule has 0 saturated carbocycles. The van der Waals surface area contributed by atoms with Crippen molar-refractivity contribution in [2.75, 3.05) is 19.8 Å². The van der Waals surface area contributed by atoms with Gasteiger partial charge in [0.1, 0.15) is 5.56 Å². The summed E-state index contributed by atoms with van der Waals surface area (Å²) in [6, 6.07) is 4.48. The molecule has 2 rings (SSSR count). The molecule has 0 atom stereocenters. The Morgan fingerprint density at radius 2 is 2.09 bits per heavy atom. The number of nitrogens with one attached hydrogen (secondary N) is 1. The van der Waals surface area contributed by atoms with Crippen LogP contribution in [0.2, 0.25) is 10.0 Å². The van der Waals surface area contributed by atoms with Crippen LogP contribution in [0.15, 0.2) is 27.4 Å². The summed E-state index contributed by atoms with van der Waals surface area (Å²) in [4.78, 5) is 23.9. The van der Waals surface area contributed by atoms with Gasteiger partial charge in [0.25, 0.3) is 5.91 Å². The molecule has 1 amide bonds. The van der Waals surface area contributed by atoms with E-state index in [9.17, 15) is 9.59 Å². The molecule has 7 heteroatoms. The lowest BCUT2D eigenvalue weighted by molar-refractivity contribution is 0.0941. The second kappa shape index (κ2) is 7.63. The fraction of sp³-hybridized carbons (Fsp3) is 0.333. The highest BCUT2D eigenvalue weighted by molar-refractivity contribution is 6.38. The van der Waals surface area contributed by atoms with Crippen LogP contribution in [0.25, 0.3) is 11.0 Å². The molecule has 1 heterocycles. The zero-order valence-electron chi connectivity index (χ0n) is 11.9. The van der Waals surface area contributed by atoms with E-state index in [0.29, 0.717) is 36.6 Å². The third-order valence-electron chi connectivity index (χ3n) is 2.95. The highest BCUT2D eigenvalue weighted by Gasteiger charge is 2.15. The number of benzene rings is 1. The van der Waals surface area contributed by atoms with Gasteiger partial charge in [0.15, 0.2) is 5.58 Å². The molecule has 1 N–H and O–H groups in total. The Kier molecular flexibility index (Phi) is 5.83. The second-order valence-corrected chi connectivity index (χ2v) is 5.40. The van der Waals surface area contributed by atoms with Crippen molar-refractivity contribution in [2.45, 2.75) is 13.3 Å². The average Bonchev–Trinajstić information content (AvgIpc) is 2.47. The molecular formula is C15H15Cl2NO4. The molecule has 1 aromatic heterocycles. The minimum absolute atomic E-state index is 0.0813. The summed E-state index contributed by atoms with van der Waals surface area (Å²) >= 11 is 11.9. The fourth-order valence-corrected chi connectivity index (χ4v) is 2.48. The SMILES string of the molecule is CCOCCCNC(=O)c1cc2cc(Cl)cc(Cl)c2oc1=O. The Morgan fingerprint density at radius 3 is 2.82 bits per heavy atom. The van der Waals surface area contributed by atoms with Gasteiger partial charge in [-0.3, -0.25) is 4.79 Å². The Morgan fingerprint density at radius 1 is 1.32 bits per heavy atom. The van der Waals surface area contributed by atoms with Gasteiger partial charge in [-0.25, -0.2) is 4.79 Å². The van der Waals surface area contributed by atoms with Crippen molar-refractivity contribution >= 4 is 40.1 Å². The molecule has 2 aromatic rings.